The van der Waals surface area contributed by atoms with Crippen LogP contribution in [0.4, 0.5) is 5.95 Å². The summed E-state index contributed by atoms with van der Waals surface area (Å²) >= 11 is 1.23. The largest absolute Gasteiger partial charge is 0.508 e. The first-order valence-corrected chi connectivity index (χ1v) is 10.0. The van der Waals surface area contributed by atoms with Crippen molar-refractivity contribution in [2.24, 2.45) is 0 Å². The Kier molecular flexibility index (Phi) is 4.14. The van der Waals surface area contributed by atoms with Gasteiger partial charge in [0.25, 0.3) is 5.91 Å². The number of ketones is 1. The maximum Gasteiger partial charge on any atom is 0.296 e. The van der Waals surface area contributed by atoms with Gasteiger partial charge < -0.3 is 15.2 Å². The van der Waals surface area contributed by atoms with Crippen LogP contribution >= 0.6 is 11.3 Å². The van der Waals surface area contributed by atoms with Gasteiger partial charge in [-0.1, -0.05) is 30.3 Å². The Labute approximate surface area is 174 Å². The molecule has 0 saturated heterocycles. The number of carbonyl (C=O) groups is 2. The highest BCUT2D eigenvalue weighted by atomic mass is 32.1. The number of fused-ring (bicyclic) bond motifs is 1. The maximum atomic E-state index is 13.2. The summed E-state index contributed by atoms with van der Waals surface area (Å²) < 4.78 is 0. The number of hydrogen-bond acceptors (Lipinski definition) is 6. The summed E-state index contributed by atoms with van der Waals surface area (Å²) in [6, 6.07) is 16.0. The Balaban J connectivity index is 1.69. The molecular weight excluding hydrogens is 402 g/mol. The molecule has 3 N–H and O–H groups in total. The number of thiophene rings is 1. The van der Waals surface area contributed by atoms with Crippen molar-refractivity contribution >= 4 is 40.0 Å². The standard InChI is InChI=1S/C22H15N3O4S/c26-13-9-7-12(8-10-13)18-17(19(27)16-6-3-11-30-16)20(28)21(29)25(18)22-23-14-4-1-2-5-15(14)24-22/h1-11,18,26,28H,(H,23,24). The molecule has 1 unspecified atom stereocenters. The number of H-pyrrole nitrogens is 1. The molecule has 4 aromatic rings. The van der Waals surface area contributed by atoms with Gasteiger partial charge in [-0.2, -0.15) is 0 Å². The van der Waals surface area contributed by atoms with Gasteiger partial charge in [0.1, 0.15) is 5.75 Å². The molecule has 0 fully saturated rings. The number of imidazole rings is 1. The highest BCUT2D eigenvalue weighted by molar-refractivity contribution is 7.12. The van der Waals surface area contributed by atoms with Gasteiger partial charge in [0.05, 0.1) is 27.5 Å². The van der Waals surface area contributed by atoms with Crippen LogP contribution in [0.5, 0.6) is 5.75 Å². The molecule has 8 heteroatoms. The second kappa shape index (κ2) is 6.85. The summed E-state index contributed by atoms with van der Waals surface area (Å²) in [5.41, 5.74) is 1.92. The number of para-hydroxylation sites is 2. The number of anilines is 1. The lowest BCUT2D eigenvalue weighted by Gasteiger charge is -2.24. The van der Waals surface area contributed by atoms with Gasteiger partial charge in [0, 0.05) is 0 Å². The minimum absolute atomic E-state index is 0.0198. The van der Waals surface area contributed by atoms with Crippen LogP contribution in [-0.2, 0) is 4.79 Å². The number of nitrogens with one attached hydrogen (secondary N) is 1. The summed E-state index contributed by atoms with van der Waals surface area (Å²) in [6.07, 6.45) is 0. The number of aromatic amines is 1. The van der Waals surface area contributed by atoms with E-state index in [1.165, 1.54) is 28.4 Å². The van der Waals surface area contributed by atoms with Crippen molar-refractivity contribution in [2.45, 2.75) is 6.04 Å². The molecule has 148 valence electrons. The van der Waals surface area contributed by atoms with Crippen molar-refractivity contribution in [2.75, 3.05) is 4.90 Å². The number of aromatic hydroxyl groups is 1. The minimum Gasteiger partial charge on any atom is -0.508 e. The molecule has 1 aliphatic rings. The van der Waals surface area contributed by atoms with Crippen LogP contribution in [0.3, 0.4) is 0 Å². The number of aliphatic hydroxyl groups excluding tert-OH is 1. The van der Waals surface area contributed by atoms with Gasteiger partial charge in [-0.05, 0) is 41.3 Å². The third-order valence-electron chi connectivity index (χ3n) is 5.01. The predicted molar refractivity (Wildman–Crippen MR) is 113 cm³/mol. The first-order chi connectivity index (χ1) is 14.5. The topological polar surface area (TPSA) is 107 Å². The fraction of sp³-hybridized carbons (Fsp3) is 0.0455. The van der Waals surface area contributed by atoms with E-state index < -0.39 is 23.5 Å². The van der Waals surface area contributed by atoms with E-state index in [2.05, 4.69) is 9.97 Å². The van der Waals surface area contributed by atoms with E-state index in [9.17, 15) is 19.8 Å². The lowest BCUT2D eigenvalue weighted by atomic mass is 9.95. The molecule has 1 atom stereocenters. The van der Waals surface area contributed by atoms with Gasteiger partial charge in [0.2, 0.25) is 11.7 Å². The van der Waals surface area contributed by atoms with E-state index in [0.29, 0.717) is 16.0 Å². The van der Waals surface area contributed by atoms with Crippen LogP contribution < -0.4 is 4.90 Å². The van der Waals surface area contributed by atoms with Gasteiger partial charge in [-0.25, -0.2) is 4.98 Å². The number of Topliss-reactive ketones (excluding diaryl/α,β-unsaturated/α-hetero) is 1. The normalized spacial score (nSPS) is 16.6. The van der Waals surface area contributed by atoms with E-state index >= 15 is 0 Å². The van der Waals surface area contributed by atoms with Gasteiger partial charge in [0.15, 0.2) is 5.76 Å². The smallest absolute Gasteiger partial charge is 0.296 e. The molecule has 2 aromatic heterocycles. The first kappa shape index (κ1) is 18.1. The molecule has 0 spiro atoms. The summed E-state index contributed by atoms with van der Waals surface area (Å²) in [4.78, 5) is 35.5. The quantitative estimate of drug-likeness (QED) is 0.433. The lowest BCUT2D eigenvalue weighted by molar-refractivity contribution is -0.117. The zero-order valence-corrected chi connectivity index (χ0v) is 16.3. The average Bonchev–Trinajstić information content (AvgIpc) is 3.47. The van der Waals surface area contributed by atoms with Crippen molar-refractivity contribution in [3.63, 3.8) is 0 Å². The Hall–Kier alpha value is -3.91. The van der Waals surface area contributed by atoms with Crippen molar-refractivity contribution in [1.29, 1.82) is 0 Å². The Morgan fingerprint density at radius 1 is 1.03 bits per heavy atom. The average molecular weight is 417 g/mol. The van der Waals surface area contributed by atoms with Crippen LogP contribution in [-0.4, -0.2) is 31.9 Å². The number of benzene rings is 2. The van der Waals surface area contributed by atoms with E-state index in [1.807, 2.05) is 18.2 Å². The first-order valence-electron chi connectivity index (χ1n) is 9.13. The summed E-state index contributed by atoms with van der Waals surface area (Å²) in [5, 5.41) is 22.1. The minimum atomic E-state index is -0.895. The third kappa shape index (κ3) is 2.77. The summed E-state index contributed by atoms with van der Waals surface area (Å²) in [7, 11) is 0. The van der Waals surface area contributed by atoms with E-state index in [-0.39, 0.29) is 17.3 Å². The molecule has 0 radical (unpaired) electrons. The number of aromatic nitrogens is 2. The molecule has 1 amide bonds. The lowest BCUT2D eigenvalue weighted by Crippen LogP contribution is -2.31. The zero-order chi connectivity index (χ0) is 20.8. The van der Waals surface area contributed by atoms with E-state index in [1.54, 1.807) is 35.7 Å². The highest BCUT2D eigenvalue weighted by Gasteiger charge is 2.46. The SMILES string of the molecule is O=C(C1=C(O)C(=O)N(c2nc3ccccc3[nH]2)C1c1ccc(O)cc1)c1cccs1. The van der Waals surface area contributed by atoms with E-state index in [0.717, 1.165) is 5.52 Å². The number of phenolic OH excluding ortho intramolecular Hbond substituents is 1. The van der Waals surface area contributed by atoms with Crippen molar-refractivity contribution < 1.29 is 19.8 Å². The Morgan fingerprint density at radius 2 is 1.80 bits per heavy atom. The monoisotopic (exact) mass is 417 g/mol. The third-order valence-corrected chi connectivity index (χ3v) is 5.88. The number of phenols is 1. The molecule has 3 heterocycles. The van der Waals surface area contributed by atoms with E-state index in [4.69, 9.17) is 0 Å². The second-order valence-electron chi connectivity index (χ2n) is 6.82. The Bertz CT molecular complexity index is 1270. The molecular formula is C22H15N3O4S. The van der Waals surface area contributed by atoms with Crippen LogP contribution in [0, 0.1) is 0 Å². The number of carbonyl (C=O) groups excluding carboxylic acids is 2. The number of rotatable bonds is 4. The van der Waals surface area contributed by atoms with Crippen LogP contribution in [0.1, 0.15) is 21.3 Å². The van der Waals surface area contributed by atoms with Crippen molar-refractivity contribution in [1.82, 2.24) is 9.97 Å². The summed E-state index contributed by atoms with van der Waals surface area (Å²) in [5.74, 6) is -1.47. The number of hydrogen-bond donors (Lipinski definition) is 3. The molecule has 7 nitrogen and oxygen atoms in total. The fourth-order valence-electron chi connectivity index (χ4n) is 3.62. The maximum absolute atomic E-state index is 13.2. The zero-order valence-electron chi connectivity index (χ0n) is 15.4. The van der Waals surface area contributed by atoms with Crippen LogP contribution in [0.2, 0.25) is 0 Å². The number of nitrogens with zero attached hydrogens (tertiary/aromatic N) is 2. The highest BCUT2D eigenvalue weighted by Crippen LogP contribution is 2.42. The van der Waals surface area contributed by atoms with Gasteiger partial charge in [-0.15, -0.1) is 11.3 Å². The molecule has 1 aliphatic heterocycles. The fourth-order valence-corrected chi connectivity index (χ4v) is 4.30. The van der Waals surface area contributed by atoms with Gasteiger partial charge >= 0.3 is 0 Å². The second-order valence-corrected chi connectivity index (χ2v) is 7.76. The molecule has 0 saturated carbocycles. The molecule has 2 aromatic carbocycles. The summed E-state index contributed by atoms with van der Waals surface area (Å²) in [6.45, 7) is 0. The van der Waals surface area contributed by atoms with Gasteiger partial charge in [-0.3, -0.25) is 14.5 Å². The molecule has 30 heavy (non-hydrogen) atoms. The van der Waals surface area contributed by atoms with Crippen LogP contribution in [0.15, 0.2) is 77.4 Å². The Morgan fingerprint density at radius 3 is 2.50 bits per heavy atom. The predicted octanol–water partition coefficient (Wildman–Crippen LogP) is 4.11. The number of aliphatic hydroxyl groups is 1. The van der Waals surface area contributed by atoms with Crippen LogP contribution in [0.25, 0.3) is 11.0 Å². The van der Waals surface area contributed by atoms with Crippen molar-refractivity contribution in [3.05, 3.63) is 87.8 Å². The van der Waals surface area contributed by atoms with Crippen molar-refractivity contribution in [3.8, 4) is 5.75 Å². The number of amides is 1. The molecule has 0 bridgehead atoms. The molecule has 0 aliphatic carbocycles. The molecule has 5 rings (SSSR count).